The zero-order chi connectivity index (χ0) is 20.6. The fourth-order valence-electron chi connectivity index (χ4n) is 4.51. The van der Waals surface area contributed by atoms with Crippen molar-refractivity contribution in [2.24, 2.45) is 0 Å². The highest BCUT2D eigenvalue weighted by molar-refractivity contribution is 6.45. The molecular formula is C22H35BN2O3. The van der Waals surface area contributed by atoms with Crippen LogP contribution in [-0.4, -0.2) is 47.3 Å². The fourth-order valence-corrected chi connectivity index (χ4v) is 4.51. The first-order valence-corrected chi connectivity index (χ1v) is 10.4. The minimum absolute atomic E-state index is 0.0359. The van der Waals surface area contributed by atoms with Gasteiger partial charge < -0.3 is 14.6 Å². The van der Waals surface area contributed by atoms with E-state index in [1.54, 1.807) is 6.92 Å². The molecule has 1 aromatic carbocycles. The van der Waals surface area contributed by atoms with Crippen LogP contribution >= 0.6 is 0 Å². The molecule has 28 heavy (non-hydrogen) atoms. The molecule has 2 fully saturated rings. The van der Waals surface area contributed by atoms with Gasteiger partial charge in [-0.25, -0.2) is 0 Å². The SMILES string of the molecule is CC(=O)NC1(C)CC(CCB2OC(C)(C)C(C)(C)O2)N(Cc2ccccc2)C1. The molecule has 3 rings (SSSR count). The van der Waals surface area contributed by atoms with Crippen molar-refractivity contribution in [1.82, 2.24) is 10.2 Å². The second kappa shape index (κ2) is 7.81. The molecule has 154 valence electrons. The topological polar surface area (TPSA) is 50.8 Å². The van der Waals surface area contributed by atoms with Crippen molar-refractivity contribution in [3.63, 3.8) is 0 Å². The normalized spacial score (nSPS) is 29.2. The zero-order valence-corrected chi connectivity index (χ0v) is 18.2. The maximum Gasteiger partial charge on any atom is 0.457 e. The molecule has 0 spiro atoms. The first-order chi connectivity index (χ1) is 13.0. The van der Waals surface area contributed by atoms with Gasteiger partial charge in [0.1, 0.15) is 0 Å². The molecule has 2 saturated heterocycles. The number of hydrogen-bond donors (Lipinski definition) is 1. The third-order valence-corrected chi connectivity index (χ3v) is 6.50. The van der Waals surface area contributed by atoms with Gasteiger partial charge in [-0.3, -0.25) is 9.69 Å². The van der Waals surface area contributed by atoms with Crippen molar-refractivity contribution in [2.75, 3.05) is 6.54 Å². The number of hydrogen-bond acceptors (Lipinski definition) is 4. The number of carbonyl (C=O) groups excluding carboxylic acids is 1. The molecule has 2 heterocycles. The van der Waals surface area contributed by atoms with Crippen molar-refractivity contribution in [3.05, 3.63) is 35.9 Å². The highest BCUT2D eigenvalue weighted by Gasteiger charge is 2.51. The largest absolute Gasteiger partial charge is 0.457 e. The second-order valence-corrected chi connectivity index (χ2v) is 9.75. The van der Waals surface area contributed by atoms with Gasteiger partial charge in [-0.15, -0.1) is 0 Å². The van der Waals surface area contributed by atoms with Gasteiger partial charge in [-0.2, -0.15) is 0 Å². The van der Waals surface area contributed by atoms with Gasteiger partial charge in [0.15, 0.2) is 0 Å². The van der Waals surface area contributed by atoms with Gasteiger partial charge in [0.05, 0.1) is 16.7 Å². The minimum Gasteiger partial charge on any atom is -0.403 e. The van der Waals surface area contributed by atoms with Crippen LogP contribution in [0, 0.1) is 0 Å². The molecule has 0 aliphatic carbocycles. The van der Waals surface area contributed by atoms with E-state index in [1.807, 2.05) is 6.07 Å². The summed E-state index contributed by atoms with van der Waals surface area (Å²) in [5.41, 5.74) is 0.528. The maximum absolute atomic E-state index is 11.7. The molecule has 1 aromatic rings. The maximum atomic E-state index is 11.7. The average Bonchev–Trinajstić information content (AvgIpc) is 2.97. The van der Waals surface area contributed by atoms with Crippen LogP contribution < -0.4 is 5.32 Å². The summed E-state index contributed by atoms with van der Waals surface area (Å²) in [6.45, 7) is 13.9. The third kappa shape index (κ3) is 4.78. The van der Waals surface area contributed by atoms with Crippen LogP contribution in [0.15, 0.2) is 30.3 Å². The van der Waals surface area contributed by atoms with Crippen LogP contribution in [0.5, 0.6) is 0 Å². The number of amides is 1. The summed E-state index contributed by atoms with van der Waals surface area (Å²) in [4.78, 5) is 14.2. The summed E-state index contributed by atoms with van der Waals surface area (Å²) in [5.74, 6) is 0.0359. The van der Waals surface area contributed by atoms with Crippen molar-refractivity contribution < 1.29 is 14.1 Å². The lowest BCUT2D eigenvalue weighted by molar-refractivity contribution is -0.120. The predicted molar refractivity (Wildman–Crippen MR) is 113 cm³/mol. The highest BCUT2D eigenvalue weighted by atomic mass is 16.7. The summed E-state index contributed by atoms with van der Waals surface area (Å²) >= 11 is 0. The fraction of sp³-hybridized carbons (Fsp3) is 0.682. The molecule has 0 saturated carbocycles. The predicted octanol–water partition coefficient (Wildman–Crippen LogP) is 3.64. The van der Waals surface area contributed by atoms with Gasteiger partial charge >= 0.3 is 7.12 Å². The second-order valence-electron chi connectivity index (χ2n) is 9.75. The molecule has 0 bridgehead atoms. The van der Waals surface area contributed by atoms with E-state index in [2.05, 4.69) is 69.1 Å². The number of nitrogens with zero attached hydrogens (tertiary/aromatic N) is 1. The van der Waals surface area contributed by atoms with Crippen molar-refractivity contribution in [3.8, 4) is 0 Å². The van der Waals surface area contributed by atoms with Gasteiger partial charge in [0, 0.05) is 26.1 Å². The lowest BCUT2D eigenvalue weighted by Crippen LogP contribution is -2.46. The molecule has 0 radical (unpaired) electrons. The summed E-state index contributed by atoms with van der Waals surface area (Å²) in [6, 6.07) is 10.9. The van der Waals surface area contributed by atoms with E-state index in [-0.39, 0.29) is 29.8 Å². The molecule has 1 amide bonds. The Kier molecular flexibility index (Phi) is 5.95. The summed E-state index contributed by atoms with van der Waals surface area (Å²) in [7, 11) is -0.170. The summed E-state index contributed by atoms with van der Waals surface area (Å²) < 4.78 is 12.4. The van der Waals surface area contributed by atoms with Crippen LogP contribution in [-0.2, 0) is 20.6 Å². The molecular weight excluding hydrogens is 351 g/mol. The Bertz CT molecular complexity index is 678. The number of rotatable bonds is 6. The summed E-state index contributed by atoms with van der Waals surface area (Å²) in [5, 5.41) is 3.17. The number of benzene rings is 1. The van der Waals surface area contributed by atoms with Crippen LogP contribution in [0.25, 0.3) is 0 Å². The van der Waals surface area contributed by atoms with Gasteiger partial charge in [0.2, 0.25) is 5.91 Å². The minimum atomic E-state index is -0.290. The van der Waals surface area contributed by atoms with Gasteiger partial charge in [-0.1, -0.05) is 30.3 Å². The van der Waals surface area contributed by atoms with Crippen LogP contribution in [0.2, 0.25) is 6.32 Å². The molecule has 6 heteroatoms. The smallest absolute Gasteiger partial charge is 0.403 e. The van der Waals surface area contributed by atoms with E-state index < -0.39 is 0 Å². The molecule has 2 aliphatic rings. The molecule has 2 aliphatic heterocycles. The van der Waals surface area contributed by atoms with E-state index in [4.69, 9.17) is 9.31 Å². The number of likely N-dealkylation sites (tertiary alicyclic amines) is 1. The van der Waals surface area contributed by atoms with E-state index in [0.717, 1.165) is 32.3 Å². The standard InChI is InChI=1S/C22H35BN2O3/c1-17(26)24-22(6)14-19(25(16-22)15-18-10-8-7-9-11-18)12-13-23-27-20(2,3)21(4,5)28-23/h7-11,19H,12-16H2,1-6H3,(H,24,26). The Morgan fingerprint density at radius 2 is 1.75 bits per heavy atom. The molecule has 2 atom stereocenters. The average molecular weight is 386 g/mol. The Balaban J connectivity index is 1.66. The Labute approximate surface area is 170 Å². The molecule has 5 nitrogen and oxygen atoms in total. The summed E-state index contributed by atoms with van der Waals surface area (Å²) in [6.07, 6.45) is 2.79. The van der Waals surface area contributed by atoms with E-state index in [1.165, 1.54) is 5.56 Å². The van der Waals surface area contributed by atoms with Gasteiger partial charge in [-0.05, 0) is 59.3 Å². The Morgan fingerprint density at radius 3 is 2.32 bits per heavy atom. The monoisotopic (exact) mass is 386 g/mol. The van der Waals surface area contributed by atoms with Crippen molar-refractivity contribution in [2.45, 2.75) is 90.0 Å². The van der Waals surface area contributed by atoms with E-state index in [9.17, 15) is 4.79 Å². The molecule has 0 aromatic heterocycles. The number of nitrogens with one attached hydrogen (secondary N) is 1. The van der Waals surface area contributed by atoms with E-state index in [0.29, 0.717) is 6.04 Å². The zero-order valence-electron chi connectivity index (χ0n) is 18.2. The quantitative estimate of drug-likeness (QED) is 0.759. The Hall–Kier alpha value is -1.37. The van der Waals surface area contributed by atoms with Crippen LogP contribution in [0.1, 0.15) is 59.9 Å². The van der Waals surface area contributed by atoms with Gasteiger partial charge in [0.25, 0.3) is 0 Å². The first kappa shape index (κ1) is 21.3. The number of carbonyl (C=O) groups is 1. The van der Waals surface area contributed by atoms with Crippen LogP contribution in [0.4, 0.5) is 0 Å². The van der Waals surface area contributed by atoms with Crippen LogP contribution in [0.3, 0.4) is 0 Å². The van der Waals surface area contributed by atoms with Crippen molar-refractivity contribution in [1.29, 1.82) is 0 Å². The lowest BCUT2D eigenvalue weighted by atomic mass is 9.80. The lowest BCUT2D eigenvalue weighted by Gasteiger charge is -2.32. The van der Waals surface area contributed by atoms with Crippen molar-refractivity contribution >= 4 is 13.0 Å². The third-order valence-electron chi connectivity index (χ3n) is 6.50. The first-order valence-electron chi connectivity index (χ1n) is 10.4. The Morgan fingerprint density at radius 1 is 1.14 bits per heavy atom. The van der Waals surface area contributed by atoms with E-state index >= 15 is 0 Å². The molecule has 1 N–H and O–H groups in total. The molecule has 2 unspecified atom stereocenters. The highest BCUT2D eigenvalue weighted by Crippen LogP contribution is 2.39.